The van der Waals surface area contributed by atoms with Crippen LogP contribution in [0.4, 0.5) is 4.79 Å². The number of carbonyl (C=O) groups is 1. The van der Waals surface area contributed by atoms with Gasteiger partial charge in [0, 0.05) is 20.2 Å². The Hall–Kier alpha value is -0.810. The monoisotopic (exact) mass is 244 g/mol. The van der Waals surface area contributed by atoms with Gasteiger partial charge in [0.2, 0.25) is 0 Å². The molecular formula is C12H24N2O3. The van der Waals surface area contributed by atoms with Gasteiger partial charge in [0.1, 0.15) is 0 Å². The standard InChI is InChI=1S/C12H24N2O3/c1-9(8-17-3)13-12(16)14-6-4-11(5-7-14)10(2)15/h9-11,15H,4-8H2,1-3H3,(H,13,16)/t9-,10+/m1/s1. The Kier molecular flexibility index (Phi) is 5.71. The molecule has 0 radical (unpaired) electrons. The van der Waals surface area contributed by atoms with Crippen molar-refractivity contribution in [3.8, 4) is 0 Å². The second-order valence-electron chi connectivity index (χ2n) is 4.87. The summed E-state index contributed by atoms with van der Waals surface area (Å²) in [7, 11) is 1.62. The zero-order valence-electron chi connectivity index (χ0n) is 11.0. The van der Waals surface area contributed by atoms with Crippen LogP contribution in [0.2, 0.25) is 0 Å². The second-order valence-corrected chi connectivity index (χ2v) is 4.87. The summed E-state index contributed by atoms with van der Waals surface area (Å²) in [5, 5.41) is 12.4. The van der Waals surface area contributed by atoms with E-state index >= 15 is 0 Å². The van der Waals surface area contributed by atoms with Gasteiger partial charge in [-0.05, 0) is 32.6 Å². The van der Waals surface area contributed by atoms with Gasteiger partial charge in [-0.3, -0.25) is 0 Å². The number of rotatable bonds is 4. The van der Waals surface area contributed by atoms with Gasteiger partial charge < -0.3 is 20.1 Å². The Morgan fingerprint density at radius 2 is 2.06 bits per heavy atom. The van der Waals surface area contributed by atoms with Crippen molar-refractivity contribution in [3.63, 3.8) is 0 Å². The number of methoxy groups -OCH3 is 1. The van der Waals surface area contributed by atoms with Gasteiger partial charge in [-0.15, -0.1) is 0 Å². The molecule has 1 fully saturated rings. The molecule has 1 rings (SSSR count). The summed E-state index contributed by atoms with van der Waals surface area (Å²) < 4.78 is 4.97. The van der Waals surface area contributed by atoms with Crippen LogP contribution < -0.4 is 5.32 Å². The highest BCUT2D eigenvalue weighted by Crippen LogP contribution is 2.20. The summed E-state index contributed by atoms with van der Waals surface area (Å²) in [4.78, 5) is 13.7. The summed E-state index contributed by atoms with van der Waals surface area (Å²) in [6, 6.07) is 0.000539. The van der Waals surface area contributed by atoms with E-state index in [0.717, 1.165) is 25.9 Å². The normalized spacial score (nSPS) is 21.1. The topological polar surface area (TPSA) is 61.8 Å². The van der Waals surface area contributed by atoms with Crippen LogP contribution in [0.25, 0.3) is 0 Å². The number of aliphatic hydroxyl groups is 1. The third-order valence-electron chi connectivity index (χ3n) is 3.30. The van der Waals surface area contributed by atoms with Crippen molar-refractivity contribution >= 4 is 6.03 Å². The predicted molar refractivity (Wildman–Crippen MR) is 65.8 cm³/mol. The van der Waals surface area contributed by atoms with Gasteiger partial charge >= 0.3 is 6.03 Å². The maximum Gasteiger partial charge on any atom is 0.317 e. The van der Waals surface area contributed by atoms with E-state index in [2.05, 4.69) is 5.32 Å². The van der Waals surface area contributed by atoms with E-state index in [4.69, 9.17) is 4.74 Å². The number of hydrogen-bond donors (Lipinski definition) is 2. The lowest BCUT2D eigenvalue weighted by molar-refractivity contribution is 0.0784. The number of piperidine rings is 1. The minimum atomic E-state index is -0.271. The van der Waals surface area contributed by atoms with E-state index in [1.807, 2.05) is 18.7 Å². The maximum absolute atomic E-state index is 11.9. The zero-order valence-corrected chi connectivity index (χ0v) is 11.0. The molecule has 0 aliphatic carbocycles. The minimum absolute atomic E-state index is 0.0291. The third-order valence-corrected chi connectivity index (χ3v) is 3.30. The molecule has 0 spiro atoms. The lowest BCUT2D eigenvalue weighted by Gasteiger charge is -2.33. The zero-order chi connectivity index (χ0) is 12.8. The average molecular weight is 244 g/mol. The number of urea groups is 1. The van der Waals surface area contributed by atoms with Crippen LogP contribution in [-0.2, 0) is 4.74 Å². The first-order valence-corrected chi connectivity index (χ1v) is 6.27. The number of ether oxygens (including phenoxy) is 1. The highest BCUT2D eigenvalue weighted by Gasteiger charge is 2.25. The van der Waals surface area contributed by atoms with Crippen LogP contribution in [0, 0.1) is 5.92 Å². The van der Waals surface area contributed by atoms with Gasteiger partial charge in [-0.25, -0.2) is 4.79 Å². The highest BCUT2D eigenvalue weighted by atomic mass is 16.5. The van der Waals surface area contributed by atoms with E-state index in [9.17, 15) is 9.90 Å². The molecule has 100 valence electrons. The number of nitrogens with zero attached hydrogens (tertiary/aromatic N) is 1. The molecule has 1 aliphatic heterocycles. The number of aliphatic hydroxyl groups excluding tert-OH is 1. The molecule has 17 heavy (non-hydrogen) atoms. The summed E-state index contributed by atoms with van der Waals surface area (Å²) in [5.41, 5.74) is 0. The molecule has 2 atom stereocenters. The van der Waals surface area contributed by atoms with E-state index in [1.54, 1.807) is 7.11 Å². The summed E-state index contributed by atoms with van der Waals surface area (Å²) in [6.45, 7) is 5.71. The molecule has 1 aliphatic rings. The molecule has 0 aromatic rings. The largest absolute Gasteiger partial charge is 0.393 e. The van der Waals surface area contributed by atoms with Crippen LogP contribution in [0.3, 0.4) is 0 Å². The molecule has 0 aromatic heterocycles. The predicted octanol–water partition coefficient (Wildman–Crippen LogP) is 0.824. The molecule has 1 heterocycles. The van der Waals surface area contributed by atoms with E-state index < -0.39 is 0 Å². The molecule has 0 saturated carbocycles. The van der Waals surface area contributed by atoms with E-state index in [0.29, 0.717) is 12.5 Å². The molecule has 0 unspecified atom stereocenters. The number of hydrogen-bond acceptors (Lipinski definition) is 3. The van der Waals surface area contributed by atoms with E-state index in [1.165, 1.54) is 0 Å². The van der Waals surface area contributed by atoms with Gasteiger partial charge in [-0.1, -0.05) is 0 Å². The maximum atomic E-state index is 11.9. The number of nitrogens with one attached hydrogen (secondary N) is 1. The van der Waals surface area contributed by atoms with Crippen LogP contribution in [0.15, 0.2) is 0 Å². The smallest absolute Gasteiger partial charge is 0.317 e. The lowest BCUT2D eigenvalue weighted by Crippen LogP contribution is -2.49. The molecular weight excluding hydrogens is 220 g/mol. The SMILES string of the molecule is COC[C@@H](C)NC(=O)N1CCC([C@H](C)O)CC1. The van der Waals surface area contributed by atoms with Gasteiger partial charge in [0.25, 0.3) is 0 Å². The number of carbonyl (C=O) groups excluding carboxylic acids is 1. The van der Waals surface area contributed by atoms with Gasteiger partial charge in [0.15, 0.2) is 0 Å². The minimum Gasteiger partial charge on any atom is -0.393 e. The summed E-state index contributed by atoms with van der Waals surface area (Å²) >= 11 is 0. The Morgan fingerprint density at radius 1 is 1.47 bits per heavy atom. The average Bonchev–Trinajstić information content (AvgIpc) is 2.29. The fourth-order valence-electron chi connectivity index (χ4n) is 2.18. The van der Waals surface area contributed by atoms with Crippen LogP contribution >= 0.6 is 0 Å². The molecule has 5 heteroatoms. The van der Waals surface area contributed by atoms with Crippen molar-refractivity contribution in [2.24, 2.45) is 5.92 Å². The van der Waals surface area contributed by atoms with Crippen molar-refractivity contribution in [2.45, 2.75) is 38.8 Å². The fourth-order valence-corrected chi connectivity index (χ4v) is 2.18. The molecule has 2 amide bonds. The lowest BCUT2D eigenvalue weighted by atomic mass is 9.92. The van der Waals surface area contributed by atoms with Gasteiger partial charge in [0.05, 0.1) is 18.8 Å². The number of amides is 2. The van der Waals surface area contributed by atoms with Crippen LogP contribution in [-0.4, -0.2) is 55.0 Å². The molecule has 1 saturated heterocycles. The van der Waals surface area contributed by atoms with Crippen LogP contribution in [0.5, 0.6) is 0 Å². The van der Waals surface area contributed by atoms with Crippen molar-refractivity contribution < 1.29 is 14.6 Å². The van der Waals surface area contributed by atoms with E-state index in [-0.39, 0.29) is 18.2 Å². The van der Waals surface area contributed by atoms with Crippen LogP contribution in [0.1, 0.15) is 26.7 Å². The first-order chi connectivity index (χ1) is 8.04. The molecule has 0 aromatic carbocycles. The highest BCUT2D eigenvalue weighted by molar-refractivity contribution is 5.74. The summed E-state index contributed by atoms with van der Waals surface area (Å²) in [6.07, 6.45) is 1.49. The van der Waals surface area contributed by atoms with Crippen molar-refractivity contribution in [2.75, 3.05) is 26.8 Å². The first-order valence-electron chi connectivity index (χ1n) is 6.27. The Morgan fingerprint density at radius 3 is 2.53 bits per heavy atom. The fraction of sp³-hybridized carbons (Fsp3) is 0.917. The number of likely N-dealkylation sites (tertiary alicyclic amines) is 1. The molecule has 0 bridgehead atoms. The van der Waals surface area contributed by atoms with Crippen molar-refractivity contribution in [1.82, 2.24) is 10.2 Å². The first kappa shape index (κ1) is 14.3. The van der Waals surface area contributed by atoms with Gasteiger partial charge in [-0.2, -0.15) is 0 Å². The molecule has 5 nitrogen and oxygen atoms in total. The quantitative estimate of drug-likeness (QED) is 0.770. The second kappa shape index (κ2) is 6.81. The Labute approximate surface area is 103 Å². The third kappa shape index (κ3) is 4.52. The Bertz CT molecular complexity index is 238. The van der Waals surface area contributed by atoms with Crippen molar-refractivity contribution in [1.29, 1.82) is 0 Å². The summed E-state index contributed by atoms with van der Waals surface area (Å²) in [5.74, 6) is 0.329. The van der Waals surface area contributed by atoms with Crippen molar-refractivity contribution in [3.05, 3.63) is 0 Å². The Balaban J connectivity index is 2.30. The molecule has 2 N–H and O–H groups in total.